The number of carbonyl (C=O) groups is 4. The number of likely N-dealkylation sites (tertiary alicyclic amines) is 1. The monoisotopic (exact) mass is 313 g/mol. The van der Waals surface area contributed by atoms with Crippen molar-refractivity contribution in [2.45, 2.75) is 18.9 Å². The van der Waals surface area contributed by atoms with E-state index in [-0.39, 0.29) is 24.0 Å². The number of fused-ring (bicyclic) bond motifs is 1. The van der Waals surface area contributed by atoms with Crippen molar-refractivity contribution in [2.75, 3.05) is 6.67 Å². The first kappa shape index (κ1) is 14.7. The zero-order chi connectivity index (χ0) is 16.6. The zero-order valence-corrected chi connectivity index (χ0v) is 11.9. The summed E-state index contributed by atoms with van der Waals surface area (Å²) >= 11 is 0. The molecule has 0 aliphatic carbocycles. The van der Waals surface area contributed by atoms with Gasteiger partial charge in [-0.3, -0.25) is 29.0 Å². The lowest BCUT2D eigenvalue weighted by Gasteiger charge is -2.33. The topological polar surface area (TPSA) is 124 Å². The SMILES string of the molecule is [N-]=[N+]=NCN1C(=O)CCC(N2C(=O)c3ccccc3C2=O)C1=O. The van der Waals surface area contributed by atoms with Crippen molar-refractivity contribution in [3.63, 3.8) is 0 Å². The van der Waals surface area contributed by atoms with E-state index in [1.165, 1.54) is 12.1 Å². The van der Waals surface area contributed by atoms with E-state index in [4.69, 9.17) is 5.53 Å². The molecule has 0 spiro atoms. The molecule has 0 aromatic heterocycles. The zero-order valence-electron chi connectivity index (χ0n) is 11.9. The number of azide groups is 1. The van der Waals surface area contributed by atoms with Crippen LogP contribution in [0.3, 0.4) is 0 Å². The summed E-state index contributed by atoms with van der Waals surface area (Å²) < 4.78 is 0. The lowest BCUT2D eigenvalue weighted by atomic mass is 10.0. The Kier molecular flexibility index (Phi) is 3.55. The van der Waals surface area contributed by atoms with Gasteiger partial charge < -0.3 is 0 Å². The van der Waals surface area contributed by atoms with E-state index in [9.17, 15) is 19.2 Å². The molecular weight excluding hydrogens is 302 g/mol. The average Bonchev–Trinajstić information content (AvgIpc) is 2.80. The molecule has 9 nitrogen and oxygen atoms in total. The Balaban J connectivity index is 1.92. The van der Waals surface area contributed by atoms with Gasteiger partial charge in [-0.05, 0) is 24.1 Å². The lowest BCUT2D eigenvalue weighted by Crippen LogP contribution is -2.56. The summed E-state index contributed by atoms with van der Waals surface area (Å²) in [6.45, 7) is -0.451. The van der Waals surface area contributed by atoms with Crippen LogP contribution in [0.5, 0.6) is 0 Å². The van der Waals surface area contributed by atoms with Crippen molar-refractivity contribution in [1.29, 1.82) is 0 Å². The number of hydrogen-bond donors (Lipinski definition) is 0. The highest BCUT2D eigenvalue weighted by atomic mass is 16.2. The molecule has 1 atom stereocenters. The number of nitrogens with zero attached hydrogens (tertiary/aromatic N) is 5. The van der Waals surface area contributed by atoms with Gasteiger partial charge in [0, 0.05) is 11.3 Å². The highest BCUT2D eigenvalue weighted by molar-refractivity contribution is 6.23. The van der Waals surface area contributed by atoms with E-state index in [0.29, 0.717) is 0 Å². The second kappa shape index (κ2) is 5.54. The molecule has 2 aliphatic rings. The van der Waals surface area contributed by atoms with Crippen molar-refractivity contribution < 1.29 is 19.2 Å². The van der Waals surface area contributed by atoms with Gasteiger partial charge in [0.15, 0.2) is 0 Å². The van der Waals surface area contributed by atoms with Gasteiger partial charge in [-0.25, -0.2) is 0 Å². The van der Waals surface area contributed by atoms with E-state index >= 15 is 0 Å². The summed E-state index contributed by atoms with van der Waals surface area (Å²) in [5.74, 6) is -2.30. The molecule has 1 unspecified atom stereocenters. The third kappa shape index (κ3) is 2.23. The Morgan fingerprint density at radius 3 is 2.30 bits per heavy atom. The van der Waals surface area contributed by atoms with Gasteiger partial charge in [0.1, 0.15) is 12.7 Å². The van der Waals surface area contributed by atoms with Crippen LogP contribution in [0.1, 0.15) is 33.6 Å². The maximum Gasteiger partial charge on any atom is 0.262 e. The Morgan fingerprint density at radius 1 is 1.13 bits per heavy atom. The quantitative estimate of drug-likeness (QED) is 0.358. The third-order valence-corrected chi connectivity index (χ3v) is 3.89. The molecule has 0 saturated carbocycles. The van der Waals surface area contributed by atoms with Gasteiger partial charge in [-0.2, -0.15) is 0 Å². The number of piperidine rings is 1. The molecular formula is C14H11N5O4. The summed E-state index contributed by atoms with van der Waals surface area (Å²) in [6.07, 6.45) is 0.0562. The Bertz CT molecular complexity index is 748. The largest absolute Gasteiger partial charge is 0.275 e. The van der Waals surface area contributed by atoms with E-state index in [0.717, 1.165) is 9.80 Å². The highest BCUT2D eigenvalue weighted by Gasteiger charge is 2.46. The standard InChI is InChI=1S/C14H11N5O4/c15-17-16-7-18-11(20)6-5-10(14(18)23)19-12(21)8-3-1-2-4-9(8)13(19)22/h1-4,10H,5-7H2. The molecule has 9 heteroatoms. The summed E-state index contributed by atoms with van der Waals surface area (Å²) in [6, 6.07) is 5.24. The van der Waals surface area contributed by atoms with Gasteiger partial charge in [0.05, 0.1) is 11.1 Å². The van der Waals surface area contributed by atoms with Gasteiger partial charge >= 0.3 is 0 Å². The average molecular weight is 313 g/mol. The van der Waals surface area contributed by atoms with Gasteiger partial charge in [0.2, 0.25) is 5.91 Å². The van der Waals surface area contributed by atoms with Crippen molar-refractivity contribution in [1.82, 2.24) is 9.80 Å². The van der Waals surface area contributed by atoms with Crippen molar-refractivity contribution in [3.05, 3.63) is 45.8 Å². The second-order valence-electron chi connectivity index (χ2n) is 5.11. The molecule has 116 valence electrons. The summed E-state index contributed by atoms with van der Waals surface area (Å²) in [7, 11) is 0. The number of carbonyl (C=O) groups excluding carboxylic acids is 4. The Hall–Kier alpha value is -3.19. The molecule has 23 heavy (non-hydrogen) atoms. The molecule has 1 saturated heterocycles. The number of rotatable bonds is 3. The smallest absolute Gasteiger partial charge is 0.262 e. The highest BCUT2D eigenvalue weighted by Crippen LogP contribution is 2.28. The van der Waals surface area contributed by atoms with E-state index in [1.807, 2.05) is 0 Å². The maximum atomic E-state index is 12.4. The molecule has 4 amide bonds. The fourth-order valence-corrected chi connectivity index (χ4v) is 2.79. The minimum Gasteiger partial charge on any atom is -0.275 e. The van der Waals surface area contributed by atoms with Gasteiger partial charge in [-0.1, -0.05) is 17.2 Å². The summed E-state index contributed by atoms with van der Waals surface area (Å²) in [5.41, 5.74) is 8.82. The van der Waals surface area contributed by atoms with Crippen LogP contribution in [0.2, 0.25) is 0 Å². The first-order chi connectivity index (χ1) is 11.1. The number of amides is 4. The molecule has 0 bridgehead atoms. The van der Waals surface area contributed by atoms with Crippen LogP contribution in [0.15, 0.2) is 29.4 Å². The predicted octanol–water partition coefficient (Wildman–Crippen LogP) is 1.07. The molecule has 1 aromatic rings. The molecule has 0 radical (unpaired) electrons. The van der Waals surface area contributed by atoms with Gasteiger partial charge in [0.25, 0.3) is 17.7 Å². The summed E-state index contributed by atoms with van der Waals surface area (Å²) in [4.78, 5) is 53.3. The van der Waals surface area contributed by atoms with Crippen LogP contribution in [-0.2, 0) is 9.59 Å². The van der Waals surface area contributed by atoms with E-state index in [2.05, 4.69) is 10.0 Å². The lowest BCUT2D eigenvalue weighted by molar-refractivity contribution is -0.151. The Morgan fingerprint density at radius 2 is 1.74 bits per heavy atom. The first-order valence-corrected chi connectivity index (χ1v) is 6.88. The predicted molar refractivity (Wildman–Crippen MR) is 75.8 cm³/mol. The van der Waals surface area contributed by atoms with Crippen LogP contribution < -0.4 is 0 Å². The molecule has 1 fully saturated rings. The van der Waals surface area contributed by atoms with E-state index in [1.54, 1.807) is 12.1 Å². The molecule has 0 N–H and O–H groups in total. The van der Waals surface area contributed by atoms with E-state index < -0.39 is 36.3 Å². The number of benzene rings is 1. The van der Waals surface area contributed by atoms with Crippen LogP contribution in [0.25, 0.3) is 10.4 Å². The van der Waals surface area contributed by atoms with Crippen LogP contribution in [-0.4, -0.2) is 46.1 Å². The van der Waals surface area contributed by atoms with Crippen molar-refractivity contribution in [2.24, 2.45) is 5.11 Å². The first-order valence-electron chi connectivity index (χ1n) is 6.88. The molecule has 2 heterocycles. The minimum atomic E-state index is -1.06. The van der Waals surface area contributed by atoms with Crippen molar-refractivity contribution >= 4 is 23.6 Å². The maximum absolute atomic E-state index is 12.4. The fraction of sp³-hybridized carbons (Fsp3) is 0.286. The van der Waals surface area contributed by atoms with Crippen LogP contribution in [0.4, 0.5) is 0 Å². The summed E-state index contributed by atoms with van der Waals surface area (Å²) in [5, 5.41) is 3.21. The van der Waals surface area contributed by atoms with Crippen LogP contribution in [0, 0.1) is 0 Å². The number of hydrogen-bond acceptors (Lipinski definition) is 5. The third-order valence-electron chi connectivity index (χ3n) is 3.89. The minimum absolute atomic E-state index is 0.00917. The normalized spacial score (nSPS) is 20.6. The van der Waals surface area contributed by atoms with Gasteiger partial charge in [-0.15, -0.1) is 0 Å². The molecule has 3 rings (SSSR count). The second-order valence-corrected chi connectivity index (χ2v) is 5.11. The number of imide groups is 2. The van der Waals surface area contributed by atoms with Crippen molar-refractivity contribution in [3.8, 4) is 0 Å². The van der Waals surface area contributed by atoms with Crippen LogP contribution >= 0.6 is 0 Å². The molecule has 1 aromatic carbocycles. The Labute approximate surface area is 130 Å². The fourth-order valence-electron chi connectivity index (χ4n) is 2.79. The molecule has 2 aliphatic heterocycles.